The maximum absolute atomic E-state index is 12.9. The minimum absolute atomic E-state index is 0.224. The molecule has 27 heavy (non-hydrogen) atoms. The maximum Gasteiger partial charge on any atom is 0.217 e. The zero-order valence-electron chi connectivity index (χ0n) is 14.5. The number of nitrogens with two attached hydrogens (primary N) is 1. The monoisotopic (exact) mass is 406 g/mol. The summed E-state index contributed by atoms with van der Waals surface area (Å²) in [7, 11) is 0. The normalized spacial score (nSPS) is 11.0. The molecule has 0 unspecified atom stereocenters. The average molecular weight is 407 g/mol. The number of thioether (sulfide) groups is 2. The van der Waals surface area contributed by atoms with Crippen LogP contribution < -0.4 is 5.73 Å². The fourth-order valence-corrected chi connectivity index (χ4v) is 4.22. The molecule has 2 N–H and O–H groups in total. The second kappa shape index (κ2) is 9.61. The van der Waals surface area contributed by atoms with Crippen LogP contribution in [-0.2, 0) is 17.8 Å². The van der Waals surface area contributed by atoms with Crippen molar-refractivity contribution in [2.75, 3.05) is 11.5 Å². The van der Waals surface area contributed by atoms with E-state index in [4.69, 9.17) is 10.2 Å². The maximum atomic E-state index is 12.9. The van der Waals surface area contributed by atoms with Crippen LogP contribution in [-0.4, -0.2) is 32.2 Å². The van der Waals surface area contributed by atoms with Crippen LogP contribution in [0.25, 0.3) is 0 Å². The van der Waals surface area contributed by atoms with Crippen molar-refractivity contribution in [3.63, 3.8) is 0 Å². The van der Waals surface area contributed by atoms with E-state index in [0.29, 0.717) is 18.8 Å². The number of hydrogen-bond acceptors (Lipinski definition) is 6. The van der Waals surface area contributed by atoms with Crippen LogP contribution in [0.3, 0.4) is 0 Å². The molecule has 0 spiro atoms. The van der Waals surface area contributed by atoms with Gasteiger partial charge in [-0.1, -0.05) is 11.8 Å². The molecule has 3 aromatic rings. The van der Waals surface area contributed by atoms with Crippen LogP contribution in [0.1, 0.15) is 18.0 Å². The molecule has 2 heterocycles. The fourth-order valence-electron chi connectivity index (χ4n) is 2.39. The summed E-state index contributed by atoms with van der Waals surface area (Å²) >= 11 is 3.24. The lowest BCUT2D eigenvalue weighted by molar-refractivity contribution is -0.118. The van der Waals surface area contributed by atoms with Crippen molar-refractivity contribution in [3.8, 4) is 0 Å². The Labute approximate surface area is 164 Å². The van der Waals surface area contributed by atoms with Crippen molar-refractivity contribution in [2.45, 2.75) is 29.4 Å². The standard InChI is InChI=1S/C18H19FN4O2S2/c19-13-3-5-15(6-4-13)26-10-11-27-18-22-21-17(8-7-16(20)24)23(18)12-14-2-1-9-25-14/h1-6,9H,7-8,10-12H2,(H2,20,24). The molecule has 142 valence electrons. The highest BCUT2D eigenvalue weighted by Crippen LogP contribution is 2.24. The summed E-state index contributed by atoms with van der Waals surface area (Å²) in [5, 5.41) is 9.23. The van der Waals surface area contributed by atoms with E-state index >= 15 is 0 Å². The third-order valence-electron chi connectivity index (χ3n) is 3.68. The predicted octanol–water partition coefficient (Wildman–Crippen LogP) is 3.36. The van der Waals surface area contributed by atoms with Gasteiger partial charge in [0.1, 0.15) is 17.4 Å². The van der Waals surface area contributed by atoms with E-state index in [1.165, 1.54) is 12.1 Å². The Balaban J connectivity index is 1.61. The Morgan fingerprint density at radius 2 is 1.93 bits per heavy atom. The number of carbonyl (C=O) groups excluding carboxylic acids is 1. The van der Waals surface area contributed by atoms with Crippen LogP contribution in [0.4, 0.5) is 4.39 Å². The Morgan fingerprint density at radius 1 is 1.15 bits per heavy atom. The quantitative estimate of drug-likeness (QED) is 0.410. The smallest absolute Gasteiger partial charge is 0.217 e. The summed E-state index contributed by atoms with van der Waals surface area (Å²) in [5.74, 6) is 2.56. The van der Waals surface area contributed by atoms with E-state index in [2.05, 4.69) is 10.2 Å². The molecule has 0 bridgehead atoms. The summed E-state index contributed by atoms with van der Waals surface area (Å²) in [6, 6.07) is 10.2. The number of nitrogens with zero attached hydrogens (tertiary/aromatic N) is 3. The van der Waals surface area contributed by atoms with Gasteiger partial charge in [-0.05, 0) is 36.4 Å². The molecule has 0 radical (unpaired) electrons. The van der Waals surface area contributed by atoms with E-state index in [1.807, 2.05) is 16.7 Å². The highest BCUT2D eigenvalue weighted by Gasteiger charge is 2.15. The lowest BCUT2D eigenvalue weighted by atomic mass is 10.3. The third kappa shape index (κ3) is 5.86. The van der Waals surface area contributed by atoms with Crippen LogP contribution in [0.5, 0.6) is 0 Å². The molecule has 6 nitrogen and oxygen atoms in total. The van der Waals surface area contributed by atoms with Gasteiger partial charge in [-0.25, -0.2) is 4.39 Å². The van der Waals surface area contributed by atoms with Gasteiger partial charge in [0, 0.05) is 29.2 Å². The number of halogens is 1. The summed E-state index contributed by atoms with van der Waals surface area (Å²) in [6.45, 7) is 0.502. The van der Waals surface area contributed by atoms with Gasteiger partial charge < -0.3 is 10.2 Å². The molecule has 1 aromatic carbocycles. The molecule has 2 aromatic heterocycles. The zero-order chi connectivity index (χ0) is 19.1. The molecule has 3 rings (SSSR count). The molecule has 0 fully saturated rings. The molecule has 0 aliphatic heterocycles. The second-order valence-corrected chi connectivity index (χ2v) is 7.91. The van der Waals surface area contributed by atoms with Gasteiger partial charge in [-0.15, -0.1) is 22.0 Å². The summed E-state index contributed by atoms with van der Waals surface area (Å²) in [5.41, 5.74) is 5.25. The van der Waals surface area contributed by atoms with Crippen molar-refractivity contribution < 1.29 is 13.6 Å². The van der Waals surface area contributed by atoms with Gasteiger partial charge in [0.25, 0.3) is 0 Å². The van der Waals surface area contributed by atoms with Gasteiger partial charge in [0.15, 0.2) is 5.16 Å². The Morgan fingerprint density at radius 3 is 2.63 bits per heavy atom. The Kier molecular flexibility index (Phi) is 6.94. The zero-order valence-corrected chi connectivity index (χ0v) is 16.1. The average Bonchev–Trinajstić information content (AvgIpc) is 3.29. The second-order valence-electron chi connectivity index (χ2n) is 5.68. The van der Waals surface area contributed by atoms with E-state index in [1.54, 1.807) is 41.9 Å². The first-order chi connectivity index (χ1) is 13.1. The summed E-state index contributed by atoms with van der Waals surface area (Å²) in [6.07, 6.45) is 2.28. The molecule has 0 aliphatic rings. The number of aromatic nitrogens is 3. The number of rotatable bonds is 10. The molecule has 0 aliphatic carbocycles. The molecule has 9 heteroatoms. The summed E-state index contributed by atoms with van der Waals surface area (Å²) in [4.78, 5) is 12.1. The predicted molar refractivity (Wildman–Crippen MR) is 103 cm³/mol. The minimum atomic E-state index is -0.368. The van der Waals surface area contributed by atoms with E-state index < -0.39 is 0 Å². The van der Waals surface area contributed by atoms with Crippen molar-refractivity contribution in [1.82, 2.24) is 14.8 Å². The van der Waals surface area contributed by atoms with Gasteiger partial charge in [-0.2, -0.15) is 0 Å². The van der Waals surface area contributed by atoms with Crippen LogP contribution in [0.2, 0.25) is 0 Å². The van der Waals surface area contributed by atoms with E-state index in [0.717, 1.165) is 27.3 Å². The number of carbonyl (C=O) groups is 1. The third-order valence-corrected chi connectivity index (χ3v) is 5.92. The SMILES string of the molecule is NC(=O)CCc1nnc(SCCSc2ccc(F)cc2)n1Cc1ccco1. The number of hydrogen-bond donors (Lipinski definition) is 1. The molecule has 0 atom stereocenters. The van der Waals surface area contributed by atoms with Crippen LogP contribution in [0, 0.1) is 5.82 Å². The van der Waals surface area contributed by atoms with Crippen molar-refractivity contribution in [2.24, 2.45) is 5.73 Å². The number of aryl methyl sites for hydroxylation is 1. The van der Waals surface area contributed by atoms with Crippen molar-refractivity contribution in [1.29, 1.82) is 0 Å². The minimum Gasteiger partial charge on any atom is -0.467 e. The Hall–Kier alpha value is -2.26. The molecule has 0 saturated carbocycles. The Bertz CT molecular complexity index is 866. The van der Waals surface area contributed by atoms with Gasteiger partial charge >= 0.3 is 0 Å². The first-order valence-electron chi connectivity index (χ1n) is 8.36. The topological polar surface area (TPSA) is 86.9 Å². The van der Waals surface area contributed by atoms with Crippen molar-refractivity contribution >= 4 is 29.4 Å². The lowest BCUT2D eigenvalue weighted by Crippen LogP contribution is -2.14. The first-order valence-corrected chi connectivity index (χ1v) is 10.3. The lowest BCUT2D eigenvalue weighted by Gasteiger charge is -2.08. The number of amides is 1. The molecule has 0 saturated heterocycles. The van der Waals surface area contributed by atoms with E-state index in [9.17, 15) is 9.18 Å². The number of benzene rings is 1. The van der Waals surface area contributed by atoms with Gasteiger partial charge in [0.05, 0.1) is 12.8 Å². The van der Waals surface area contributed by atoms with Crippen molar-refractivity contribution in [3.05, 3.63) is 60.1 Å². The van der Waals surface area contributed by atoms with Gasteiger partial charge in [-0.3, -0.25) is 9.36 Å². The molecular formula is C18H19FN4O2S2. The van der Waals surface area contributed by atoms with Crippen LogP contribution in [0.15, 0.2) is 57.1 Å². The first kappa shape index (κ1) is 19.5. The highest BCUT2D eigenvalue weighted by atomic mass is 32.2. The highest BCUT2D eigenvalue weighted by molar-refractivity contribution is 8.02. The fraction of sp³-hybridized carbons (Fsp3) is 0.278. The van der Waals surface area contributed by atoms with Crippen LogP contribution >= 0.6 is 23.5 Å². The number of primary amides is 1. The molecular weight excluding hydrogens is 387 g/mol. The molecule has 1 amide bonds. The largest absolute Gasteiger partial charge is 0.467 e. The number of furan rings is 1. The summed E-state index contributed by atoms with van der Waals surface area (Å²) < 4.78 is 20.3. The van der Waals surface area contributed by atoms with Gasteiger partial charge in [0.2, 0.25) is 5.91 Å². The van der Waals surface area contributed by atoms with E-state index in [-0.39, 0.29) is 18.1 Å².